The van der Waals surface area contributed by atoms with Crippen LogP contribution in [0.2, 0.25) is 0 Å². The van der Waals surface area contributed by atoms with Gasteiger partial charge in [-0.25, -0.2) is 12.8 Å². The predicted molar refractivity (Wildman–Crippen MR) is 99.9 cm³/mol. The van der Waals surface area contributed by atoms with Crippen LogP contribution in [0, 0.1) is 5.82 Å². The van der Waals surface area contributed by atoms with E-state index in [2.05, 4.69) is 10.1 Å². The van der Waals surface area contributed by atoms with Crippen molar-refractivity contribution in [2.75, 3.05) is 13.7 Å². The van der Waals surface area contributed by atoms with Crippen LogP contribution in [0.4, 0.5) is 4.39 Å². The number of hydrogen-bond acceptors (Lipinski definition) is 7. The summed E-state index contributed by atoms with van der Waals surface area (Å²) >= 11 is 0.895. The quantitative estimate of drug-likeness (QED) is 0.369. The molecule has 3 aromatic rings. The Morgan fingerprint density at radius 3 is 2.81 bits per heavy atom. The van der Waals surface area contributed by atoms with E-state index >= 15 is 0 Å². The second-order valence-corrected chi connectivity index (χ2v) is 9.00. The largest absolute Gasteiger partial charge is 0.411 e. The summed E-state index contributed by atoms with van der Waals surface area (Å²) in [5.74, 6) is -1.30. The number of H-pyrrole nitrogens is 1. The van der Waals surface area contributed by atoms with Gasteiger partial charge in [0.15, 0.2) is 9.84 Å². The summed E-state index contributed by atoms with van der Waals surface area (Å²) in [7, 11) is -2.45. The highest BCUT2D eigenvalue weighted by atomic mass is 32.2. The predicted octanol–water partition coefficient (Wildman–Crippen LogP) is 2.53. The average molecular weight is 410 g/mol. The van der Waals surface area contributed by atoms with Crippen LogP contribution in [0.15, 0.2) is 50.7 Å². The SMILES string of the molecule is COC/C(=N\O)c1ccc(S(=O)(=O)Cc2cc3c(=O)[nH]ccc3cc2F)s1. The van der Waals surface area contributed by atoms with Gasteiger partial charge in [-0.2, -0.15) is 0 Å². The molecule has 0 saturated carbocycles. The molecule has 0 bridgehead atoms. The first kappa shape index (κ1) is 19.2. The van der Waals surface area contributed by atoms with Crippen LogP contribution in [0.25, 0.3) is 10.8 Å². The Labute approximate surface area is 157 Å². The molecule has 2 N–H and O–H groups in total. The van der Waals surface area contributed by atoms with Crippen molar-refractivity contribution in [3.05, 3.63) is 63.1 Å². The number of hydrogen-bond donors (Lipinski definition) is 2. The highest BCUT2D eigenvalue weighted by molar-refractivity contribution is 7.92. The van der Waals surface area contributed by atoms with E-state index in [1.54, 1.807) is 0 Å². The summed E-state index contributed by atoms with van der Waals surface area (Å²) in [4.78, 5) is 14.8. The number of oxime groups is 1. The third kappa shape index (κ3) is 3.92. The maximum absolute atomic E-state index is 14.3. The number of nitrogens with one attached hydrogen (secondary N) is 1. The standard InChI is InChI=1S/C17H15FN2O5S2/c1-25-8-14(20-22)15-2-3-16(26-15)27(23,24)9-11-6-12-10(7-13(11)18)4-5-19-17(12)21/h2-7,22H,8-9H2,1H3,(H,19,21)/b20-14+. The molecule has 1 aromatic carbocycles. The molecule has 0 atom stereocenters. The Morgan fingerprint density at radius 2 is 2.11 bits per heavy atom. The van der Waals surface area contributed by atoms with E-state index < -0.39 is 27.0 Å². The fraction of sp³-hybridized carbons (Fsp3) is 0.176. The summed E-state index contributed by atoms with van der Waals surface area (Å²) in [5, 5.41) is 12.7. The number of rotatable bonds is 6. The number of aromatic nitrogens is 1. The lowest BCUT2D eigenvalue weighted by atomic mass is 10.1. The Bertz CT molecular complexity index is 1180. The zero-order valence-electron chi connectivity index (χ0n) is 14.1. The lowest BCUT2D eigenvalue weighted by Gasteiger charge is -2.06. The second-order valence-electron chi connectivity index (χ2n) is 5.70. The number of sulfone groups is 1. The van der Waals surface area contributed by atoms with E-state index in [-0.39, 0.29) is 27.5 Å². The van der Waals surface area contributed by atoms with Gasteiger partial charge in [0.1, 0.15) is 15.7 Å². The van der Waals surface area contributed by atoms with Crippen molar-refractivity contribution in [3.8, 4) is 0 Å². The van der Waals surface area contributed by atoms with Crippen molar-refractivity contribution in [1.82, 2.24) is 4.98 Å². The molecule has 0 aliphatic rings. The number of nitrogens with zero attached hydrogens (tertiary/aromatic N) is 1. The maximum Gasteiger partial charge on any atom is 0.255 e. The molecule has 0 radical (unpaired) electrons. The van der Waals surface area contributed by atoms with Gasteiger partial charge < -0.3 is 14.9 Å². The van der Waals surface area contributed by atoms with E-state index in [4.69, 9.17) is 9.94 Å². The van der Waals surface area contributed by atoms with Crippen LogP contribution in [-0.4, -0.2) is 38.0 Å². The fourth-order valence-corrected chi connectivity index (χ4v) is 5.28. The van der Waals surface area contributed by atoms with E-state index in [0.29, 0.717) is 10.3 Å². The Kier molecular flexibility index (Phi) is 5.40. The third-order valence-electron chi connectivity index (χ3n) is 3.86. The molecule has 0 unspecified atom stereocenters. The monoisotopic (exact) mass is 410 g/mol. The molecule has 2 aromatic heterocycles. The molecule has 142 valence electrons. The molecule has 7 nitrogen and oxygen atoms in total. The Hall–Kier alpha value is -2.56. The van der Waals surface area contributed by atoms with Gasteiger partial charge in [-0.1, -0.05) is 5.16 Å². The molecule has 10 heteroatoms. The number of pyridine rings is 1. The van der Waals surface area contributed by atoms with Crippen LogP contribution in [0.5, 0.6) is 0 Å². The van der Waals surface area contributed by atoms with Gasteiger partial charge in [0.25, 0.3) is 5.56 Å². The smallest absolute Gasteiger partial charge is 0.255 e. The van der Waals surface area contributed by atoms with E-state index in [1.165, 1.54) is 37.6 Å². The molecule has 0 aliphatic carbocycles. The van der Waals surface area contributed by atoms with Gasteiger partial charge in [-0.15, -0.1) is 11.3 Å². The van der Waals surface area contributed by atoms with Crippen LogP contribution in [0.3, 0.4) is 0 Å². The van der Waals surface area contributed by atoms with E-state index in [0.717, 1.165) is 17.4 Å². The minimum atomic E-state index is -3.86. The fourth-order valence-electron chi connectivity index (χ4n) is 2.57. The first-order chi connectivity index (χ1) is 12.9. The Morgan fingerprint density at radius 1 is 1.33 bits per heavy atom. The molecule has 27 heavy (non-hydrogen) atoms. The van der Waals surface area contributed by atoms with Gasteiger partial charge in [0, 0.05) is 24.3 Å². The van der Waals surface area contributed by atoms with Crippen molar-refractivity contribution in [2.24, 2.45) is 5.16 Å². The van der Waals surface area contributed by atoms with Crippen LogP contribution in [-0.2, 0) is 20.3 Å². The normalized spacial score (nSPS) is 12.6. The van der Waals surface area contributed by atoms with Crippen molar-refractivity contribution >= 4 is 37.7 Å². The minimum Gasteiger partial charge on any atom is -0.411 e. The average Bonchev–Trinajstić information content (AvgIpc) is 3.12. The molecule has 3 rings (SSSR count). The summed E-state index contributed by atoms with van der Waals surface area (Å²) in [6.45, 7) is 0.0125. The van der Waals surface area contributed by atoms with Crippen LogP contribution >= 0.6 is 11.3 Å². The number of ether oxygens (including phenoxy) is 1. The topological polar surface area (TPSA) is 109 Å². The summed E-state index contributed by atoms with van der Waals surface area (Å²) in [6, 6.07) is 6.79. The molecule has 0 fully saturated rings. The van der Waals surface area contributed by atoms with Gasteiger partial charge in [-0.3, -0.25) is 4.79 Å². The third-order valence-corrected chi connectivity index (χ3v) is 7.24. The second kappa shape index (κ2) is 7.59. The highest BCUT2D eigenvalue weighted by Gasteiger charge is 2.22. The number of benzene rings is 1. The van der Waals surface area contributed by atoms with Crippen molar-refractivity contribution < 1.29 is 22.8 Å². The minimum absolute atomic E-state index is 0.00350. The number of thiophene rings is 1. The maximum atomic E-state index is 14.3. The van der Waals surface area contributed by atoms with Crippen molar-refractivity contribution in [2.45, 2.75) is 9.96 Å². The number of halogens is 1. The summed E-state index contributed by atoms with van der Waals surface area (Å²) in [5.41, 5.74) is -0.331. The lowest BCUT2D eigenvalue weighted by molar-refractivity contribution is 0.238. The van der Waals surface area contributed by atoms with E-state index in [9.17, 15) is 17.6 Å². The Balaban J connectivity index is 1.97. The number of fused-ring (bicyclic) bond motifs is 1. The van der Waals surface area contributed by atoms with Gasteiger partial charge in [0.2, 0.25) is 0 Å². The zero-order valence-corrected chi connectivity index (χ0v) is 15.7. The van der Waals surface area contributed by atoms with Crippen LogP contribution in [0.1, 0.15) is 10.4 Å². The highest BCUT2D eigenvalue weighted by Crippen LogP contribution is 2.27. The summed E-state index contributed by atoms with van der Waals surface area (Å²) in [6.07, 6.45) is 1.40. The summed E-state index contributed by atoms with van der Waals surface area (Å²) < 4.78 is 44.6. The molecule has 0 saturated heterocycles. The van der Waals surface area contributed by atoms with Gasteiger partial charge >= 0.3 is 0 Å². The van der Waals surface area contributed by atoms with Crippen LogP contribution < -0.4 is 5.56 Å². The van der Waals surface area contributed by atoms with Gasteiger partial charge in [-0.05, 0) is 35.7 Å². The first-order valence-corrected chi connectivity index (χ1v) is 10.1. The molecule has 2 heterocycles. The first-order valence-electron chi connectivity index (χ1n) is 7.68. The number of methoxy groups -OCH3 is 1. The lowest BCUT2D eigenvalue weighted by Crippen LogP contribution is -2.09. The molecular weight excluding hydrogens is 395 g/mol. The van der Waals surface area contributed by atoms with Gasteiger partial charge in [0.05, 0.1) is 17.2 Å². The molecule has 0 spiro atoms. The number of aromatic amines is 1. The van der Waals surface area contributed by atoms with Crippen molar-refractivity contribution in [3.63, 3.8) is 0 Å². The van der Waals surface area contributed by atoms with Crippen molar-refractivity contribution in [1.29, 1.82) is 0 Å². The van der Waals surface area contributed by atoms with E-state index in [1.807, 2.05) is 0 Å². The molecular formula is C17H15FN2O5S2. The molecule has 0 aliphatic heterocycles. The zero-order chi connectivity index (χ0) is 19.6. The molecule has 0 amide bonds.